The van der Waals surface area contributed by atoms with E-state index in [0.717, 1.165) is 12.1 Å². The first-order chi connectivity index (χ1) is 6.76. The molecule has 2 nitrogen and oxygen atoms in total. The Labute approximate surface area is 99.4 Å². The van der Waals surface area contributed by atoms with E-state index in [2.05, 4.69) is 0 Å². The summed E-state index contributed by atoms with van der Waals surface area (Å²) in [6.45, 7) is 2.54. The SMILES string of the molecule is CC(C)(C(=O)O)c1c(F)cc(I)cc1F. The van der Waals surface area contributed by atoms with Crippen LogP contribution < -0.4 is 0 Å². The van der Waals surface area contributed by atoms with Gasteiger partial charge in [-0.25, -0.2) is 8.78 Å². The number of carboxylic acids is 1. The van der Waals surface area contributed by atoms with Crippen molar-refractivity contribution in [2.24, 2.45) is 0 Å². The predicted octanol–water partition coefficient (Wildman–Crippen LogP) is 2.93. The fourth-order valence-electron chi connectivity index (χ4n) is 1.25. The van der Waals surface area contributed by atoms with Crippen molar-refractivity contribution in [2.45, 2.75) is 19.3 Å². The maximum atomic E-state index is 13.5. The molecule has 1 aromatic carbocycles. The van der Waals surface area contributed by atoms with Gasteiger partial charge in [-0.2, -0.15) is 0 Å². The van der Waals surface area contributed by atoms with E-state index >= 15 is 0 Å². The van der Waals surface area contributed by atoms with Gasteiger partial charge in [0, 0.05) is 9.13 Å². The summed E-state index contributed by atoms with van der Waals surface area (Å²) in [7, 11) is 0. The molecule has 82 valence electrons. The van der Waals surface area contributed by atoms with Crippen LogP contribution in [0, 0.1) is 15.2 Å². The molecule has 0 radical (unpaired) electrons. The smallest absolute Gasteiger partial charge is 0.313 e. The summed E-state index contributed by atoms with van der Waals surface area (Å²) in [6.07, 6.45) is 0. The van der Waals surface area contributed by atoms with Crippen LogP contribution in [0.5, 0.6) is 0 Å². The lowest BCUT2D eigenvalue weighted by Gasteiger charge is -2.21. The first kappa shape index (κ1) is 12.4. The largest absolute Gasteiger partial charge is 0.481 e. The van der Waals surface area contributed by atoms with Crippen LogP contribution in [-0.2, 0) is 10.2 Å². The van der Waals surface area contributed by atoms with Crippen molar-refractivity contribution in [3.8, 4) is 0 Å². The number of carboxylic acid groups (broad SMARTS) is 1. The molecule has 0 aromatic heterocycles. The minimum atomic E-state index is -1.57. The van der Waals surface area contributed by atoms with E-state index in [0.29, 0.717) is 3.57 Å². The highest BCUT2D eigenvalue weighted by Gasteiger charge is 2.35. The highest BCUT2D eigenvalue weighted by Crippen LogP contribution is 2.29. The van der Waals surface area contributed by atoms with Gasteiger partial charge in [-0.3, -0.25) is 4.79 Å². The van der Waals surface area contributed by atoms with Crippen molar-refractivity contribution in [2.75, 3.05) is 0 Å². The average molecular weight is 326 g/mol. The molecule has 0 aliphatic carbocycles. The third-order valence-corrected chi connectivity index (χ3v) is 2.79. The van der Waals surface area contributed by atoms with Gasteiger partial charge in [0.15, 0.2) is 0 Å². The zero-order chi connectivity index (χ0) is 11.8. The Balaban J connectivity index is 3.44. The van der Waals surface area contributed by atoms with Crippen molar-refractivity contribution in [1.82, 2.24) is 0 Å². The Morgan fingerprint density at radius 1 is 1.33 bits per heavy atom. The molecule has 0 unspecified atom stereocenters. The molecule has 15 heavy (non-hydrogen) atoms. The average Bonchev–Trinajstić information content (AvgIpc) is 2.00. The second-order valence-corrected chi connectivity index (χ2v) is 4.92. The third kappa shape index (κ3) is 2.27. The molecule has 1 aromatic rings. The van der Waals surface area contributed by atoms with Gasteiger partial charge in [0.1, 0.15) is 11.6 Å². The van der Waals surface area contributed by atoms with E-state index in [4.69, 9.17) is 5.11 Å². The molecule has 1 N–H and O–H groups in total. The van der Waals surface area contributed by atoms with E-state index in [1.165, 1.54) is 13.8 Å². The monoisotopic (exact) mass is 326 g/mol. The van der Waals surface area contributed by atoms with Crippen molar-refractivity contribution < 1.29 is 18.7 Å². The lowest BCUT2D eigenvalue weighted by molar-refractivity contribution is -0.142. The first-order valence-corrected chi connectivity index (χ1v) is 5.23. The Kier molecular flexibility index (Phi) is 3.32. The van der Waals surface area contributed by atoms with Gasteiger partial charge in [-0.1, -0.05) is 0 Å². The normalized spacial score (nSPS) is 11.5. The lowest BCUT2D eigenvalue weighted by atomic mass is 9.84. The fraction of sp³-hybridized carbons (Fsp3) is 0.300. The molecule has 0 amide bonds. The van der Waals surface area contributed by atoms with Gasteiger partial charge in [0.05, 0.1) is 5.41 Å². The number of carbonyl (C=O) groups is 1. The molecule has 0 fully saturated rings. The minimum Gasteiger partial charge on any atom is -0.481 e. The minimum absolute atomic E-state index is 0.396. The standard InChI is InChI=1S/C10H9F2IO2/c1-10(2,9(14)15)8-6(11)3-5(13)4-7(8)12/h3-4H,1-2H3,(H,14,15). The molecule has 1 rings (SSSR count). The summed E-state index contributed by atoms with van der Waals surface area (Å²) >= 11 is 1.77. The molecule has 0 atom stereocenters. The quantitative estimate of drug-likeness (QED) is 0.849. The second kappa shape index (κ2) is 4.03. The van der Waals surface area contributed by atoms with Crippen LogP contribution in [-0.4, -0.2) is 11.1 Å². The number of halogens is 3. The van der Waals surface area contributed by atoms with Gasteiger partial charge in [-0.05, 0) is 48.6 Å². The molecular weight excluding hydrogens is 317 g/mol. The van der Waals surface area contributed by atoms with Crippen molar-refractivity contribution in [3.05, 3.63) is 32.9 Å². The molecular formula is C10H9F2IO2. The molecule has 0 saturated heterocycles. The van der Waals surface area contributed by atoms with E-state index in [-0.39, 0.29) is 0 Å². The predicted molar refractivity (Wildman–Crippen MR) is 59.7 cm³/mol. The lowest BCUT2D eigenvalue weighted by Crippen LogP contribution is -2.31. The van der Waals surface area contributed by atoms with Gasteiger partial charge in [0.2, 0.25) is 0 Å². The summed E-state index contributed by atoms with van der Waals surface area (Å²) in [5.74, 6) is -2.92. The zero-order valence-electron chi connectivity index (χ0n) is 8.14. The second-order valence-electron chi connectivity index (χ2n) is 3.67. The van der Waals surface area contributed by atoms with Crippen LogP contribution in [0.3, 0.4) is 0 Å². The highest BCUT2D eigenvalue weighted by atomic mass is 127. The number of aliphatic carboxylic acids is 1. The fourth-order valence-corrected chi connectivity index (χ4v) is 1.79. The van der Waals surface area contributed by atoms with Crippen LogP contribution in [0.2, 0.25) is 0 Å². The van der Waals surface area contributed by atoms with Crippen LogP contribution in [0.1, 0.15) is 19.4 Å². The molecule has 0 aliphatic rings. The van der Waals surface area contributed by atoms with Crippen LogP contribution in [0.15, 0.2) is 12.1 Å². The van der Waals surface area contributed by atoms with Gasteiger partial charge >= 0.3 is 5.97 Å². The Hall–Kier alpha value is -0.720. The summed E-state index contributed by atoms with van der Waals surface area (Å²) in [4.78, 5) is 10.9. The Morgan fingerprint density at radius 2 is 1.73 bits per heavy atom. The molecule has 0 spiro atoms. The van der Waals surface area contributed by atoms with E-state index in [1.54, 1.807) is 22.6 Å². The summed E-state index contributed by atoms with van der Waals surface area (Å²) in [5.41, 5.74) is -1.98. The number of hydrogen-bond acceptors (Lipinski definition) is 1. The van der Waals surface area contributed by atoms with Crippen LogP contribution >= 0.6 is 22.6 Å². The maximum absolute atomic E-state index is 13.5. The van der Waals surface area contributed by atoms with Crippen molar-refractivity contribution in [1.29, 1.82) is 0 Å². The highest BCUT2D eigenvalue weighted by molar-refractivity contribution is 14.1. The summed E-state index contributed by atoms with van der Waals surface area (Å²) < 4.78 is 27.3. The van der Waals surface area contributed by atoms with Gasteiger partial charge in [0.25, 0.3) is 0 Å². The maximum Gasteiger partial charge on any atom is 0.313 e. The number of rotatable bonds is 2. The van der Waals surface area contributed by atoms with Crippen molar-refractivity contribution in [3.63, 3.8) is 0 Å². The molecule has 0 heterocycles. The van der Waals surface area contributed by atoms with E-state index < -0.39 is 28.6 Å². The third-order valence-electron chi connectivity index (χ3n) is 2.17. The van der Waals surface area contributed by atoms with Gasteiger partial charge in [-0.15, -0.1) is 0 Å². The molecule has 0 saturated carbocycles. The van der Waals surface area contributed by atoms with Crippen LogP contribution in [0.25, 0.3) is 0 Å². The zero-order valence-corrected chi connectivity index (χ0v) is 10.3. The summed E-state index contributed by atoms with van der Waals surface area (Å²) in [5, 5.41) is 8.88. The topological polar surface area (TPSA) is 37.3 Å². The molecule has 5 heteroatoms. The van der Waals surface area contributed by atoms with Gasteiger partial charge < -0.3 is 5.11 Å². The van der Waals surface area contributed by atoms with E-state index in [1.807, 2.05) is 0 Å². The van der Waals surface area contributed by atoms with Crippen molar-refractivity contribution >= 4 is 28.6 Å². The number of hydrogen-bond donors (Lipinski definition) is 1. The number of benzene rings is 1. The first-order valence-electron chi connectivity index (χ1n) is 4.15. The Bertz CT molecular complexity index is 393. The van der Waals surface area contributed by atoms with Crippen LogP contribution in [0.4, 0.5) is 8.78 Å². The molecule has 0 aliphatic heterocycles. The Morgan fingerprint density at radius 3 is 2.07 bits per heavy atom. The van der Waals surface area contributed by atoms with E-state index in [9.17, 15) is 13.6 Å². The molecule has 0 bridgehead atoms. The summed E-state index contributed by atoms with van der Waals surface area (Å²) in [6, 6.07) is 2.23.